The number of aliphatic hydroxyl groups is 3. The molecule has 0 bridgehead atoms. The minimum atomic E-state index is -1.46. The van der Waals surface area contributed by atoms with Crippen LogP contribution in [0.5, 0.6) is 17.2 Å². The van der Waals surface area contributed by atoms with Crippen LogP contribution in [0.4, 0.5) is 0 Å². The van der Waals surface area contributed by atoms with Gasteiger partial charge in [0.15, 0.2) is 0 Å². The Hall–Kier alpha value is -3.27. The molecule has 1 heterocycles. The van der Waals surface area contributed by atoms with Crippen molar-refractivity contribution in [2.75, 3.05) is 59.3 Å². The van der Waals surface area contributed by atoms with Gasteiger partial charge in [0.05, 0.1) is 32.0 Å². The lowest BCUT2D eigenvalue weighted by Crippen LogP contribution is -2.43. The highest BCUT2D eigenvalue weighted by Gasteiger charge is 2.41. The van der Waals surface area contributed by atoms with Crippen molar-refractivity contribution >= 4 is 38.1 Å². The van der Waals surface area contributed by atoms with Crippen LogP contribution >= 0.6 is 0 Å². The van der Waals surface area contributed by atoms with E-state index in [0.717, 1.165) is 12.0 Å². The lowest BCUT2D eigenvalue weighted by Gasteiger charge is -2.31. The fourth-order valence-corrected chi connectivity index (χ4v) is 6.59. The number of benzene rings is 3. The molecule has 4 rings (SSSR count). The summed E-state index contributed by atoms with van der Waals surface area (Å²) in [6.07, 6.45) is -0.0515. The molecule has 0 saturated heterocycles. The molecule has 0 aliphatic carbocycles. The first kappa shape index (κ1) is 45.4. The van der Waals surface area contributed by atoms with Gasteiger partial charge in [-0.2, -0.15) is 0 Å². The van der Waals surface area contributed by atoms with E-state index in [1.165, 1.54) is 7.48 Å². The van der Waals surface area contributed by atoms with Crippen molar-refractivity contribution in [2.45, 2.75) is 57.8 Å². The smallest absolute Gasteiger partial charge is 0.494 e. The van der Waals surface area contributed by atoms with E-state index in [4.69, 9.17) is 50.1 Å². The third kappa shape index (κ3) is 11.9. The highest BCUT2D eigenvalue weighted by Crippen LogP contribution is 2.31. The highest BCUT2D eigenvalue weighted by molar-refractivity contribution is 6.71. The number of fused-ring (bicyclic) bond motifs is 1. The van der Waals surface area contributed by atoms with E-state index in [0.29, 0.717) is 58.6 Å². The van der Waals surface area contributed by atoms with Crippen molar-refractivity contribution in [3.05, 3.63) is 71.3 Å². The molecule has 3 aromatic rings. The van der Waals surface area contributed by atoms with E-state index in [-0.39, 0.29) is 64.7 Å². The molecule has 0 fully saturated rings. The summed E-state index contributed by atoms with van der Waals surface area (Å²) in [4.78, 5) is 5.26. The van der Waals surface area contributed by atoms with Crippen LogP contribution in [-0.4, -0.2) is 107 Å². The predicted octanol–water partition coefficient (Wildman–Crippen LogP) is -0.613. The van der Waals surface area contributed by atoms with E-state index in [2.05, 4.69) is 0 Å². The Morgan fingerprint density at radius 3 is 2.21 bits per heavy atom. The van der Waals surface area contributed by atoms with Crippen molar-refractivity contribution < 1.29 is 58.5 Å². The molecule has 1 aliphatic heterocycles. The second kappa shape index (κ2) is 23.2. The van der Waals surface area contributed by atoms with Crippen LogP contribution in [0.2, 0.25) is 0 Å². The monoisotopic (exact) mass is 781 g/mol. The Labute approximate surface area is 330 Å². The fraction of sp³-hybridized carbons (Fsp3) is 0.514. The van der Waals surface area contributed by atoms with Crippen LogP contribution in [0.1, 0.15) is 74.5 Å². The zero-order chi connectivity index (χ0) is 40.5. The first-order valence-electron chi connectivity index (χ1n) is 18.9. The average Bonchev–Trinajstić information content (AvgIpc) is 3.58. The Bertz CT molecular complexity index is 1630. The van der Waals surface area contributed by atoms with Crippen LogP contribution in [0.15, 0.2) is 54.6 Å². The summed E-state index contributed by atoms with van der Waals surface area (Å²) < 4.78 is 37.1. The van der Waals surface area contributed by atoms with Gasteiger partial charge in [-0.3, -0.25) is 10.0 Å². The highest BCUT2D eigenvalue weighted by atomic mass is 16.8. The molecule has 12 N–H and O–H groups in total. The minimum absolute atomic E-state index is 0.0174. The molecular weight excluding hydrogens is 725 g/mol. The van der Waals surface area contributed by atoms with Gasteiger partial charge in [-0.15, -0.1) is 0 Å². The van der Waals surface area contributed by atoms with Crippen molar-refractivity contribution in [1.29, 1.82) is 0 Å². The molecule has 4 atom stereocenters. The summed E-state index contributed by atoms with van der Waals surface area (Å²) in [7, 11) is -0.917. The Kier molecular flexibility index (Phi) is 18.8. The molecular formula is C37H56B3N4O12. The average molecular weight is 781 g/mol. The first-order valence-corrected chi connectivity index (χ1v) is 18.9. The molecule has 16 nitrogen and oxygen atoms in total. The fourth-order valence-electron chi connectivity index (χ4n) is 6.59. The van der Waals surface area contributed by atoms with Gasteiger partial charge in [0, 0.05) is 68.6 Å². The Morgan fingerprint density at radius 1 is 0.911 bits per heavy atom. The topological polar surface area (TPSA) is 256 Å². The van der Waals surface area contributed by atoms with Gasteiger partial charge in [0.1, 0.15) is 23.4 Å². The maximum absolute atomic E-state index is 11.4. The van der Waals surface area contributed by atoms with Crippen LogP contribution in [0.25, 0.3) is 0 Å². The standard InChI is InChI=1S/C37H56B3N4O12/c1-3-15-37(2,24-53-39(48)35-25(28(47)20-41)9-4-13-30(35)51-19-8-17-46)23-52-31-14-6-11-27-32(21-42)54-40(36(27)31)56-38-34-26(33(22-43)55-44-49)10-5-12-29(34)50-18-7-16-45/h4-6,9-14,28,32-33,44-49H,3,7-8,15-24,41-43H2,1-2H3. The van der Waals surface area contributed by atoms with Crippen molar-refractivity contribution in [2.24, 2.45) is 22.6 Å². The second-order valence-electron chi connectivity index (χ2n) is 13.8. The number of nitrogens with two attached hydrogens (primary N) is 3. The molecule has 1 radical (unpaired) electrons. The molecule has 0 spiro atoms. The normalized spacial score (nSPS) is 15.9. The van der Waals surface area contributed by atoms with Crippen LogP contribution in [-0.2, 0) is 18.7 Å². The summed E-state index contributed by atoms with van der Waals surface area (Å²) >= 11 is 0. The number of aliphatic hydroxyl groups excluding tert-OH is 3. The van der Waals surface area contributed by atoms with E-state index in [1.807, 2.05) is 32.0 Å². The van der Waals surface area contributed by atoms with Gasteiger partial charge < -0.3 is 65.6 Å². The summed E-state index contributed by atoms with van der Waals surface area (Å²) in [6.45, 7) is 4.77. The first-order chi connectivity index (χ1) is 27.2. The third-order valence-corrected chi connectivity index (χ3v) is 9.42. The molecule has 0 amide bonds. The van der Waals surface area contributed by atoms with E-state index in [9.17, 15) is 25.6 Å². The zero-order valence-electron chi connectivity index (χ0n) is 32.2. The van der Waals surface area contributed by atoms with Gasteiger partial charge in [-0.1, -0.05) is 62.3 Å². The molecule has 19 heteroatoms. The van der Waals surface area contributed by atoms with E-state index < -0.39 is 38.0 Å². The Balaban J connectivity index is 1.57. The maximum atomic E-state index is 11.4. The minimum Gasteiger partial charge on any atom is -0.494 e. The summed E-state index contributed by atoms with van der Waals surface area (Å²) in [5.74, 6) is 1.27. The molecule has 305 valence electrons. The Morgan fingerprint density at radius 2 is 1.57 bits per heavy atom. The van der Waals surface area contributed by atoms with Crippen LogP contribution in [0, 0.1) is 5.41 Å². The molecule has 4 unspecified atom stereocenters. The van der Waals surface area contributed by atoms with Gasteiger partial charge in [0.2, 0.25) is 0 Å². The SMILES string of the molecule is CCCC(C)(COB(O)c1c(OCCCO)cccc1C(O)CN)COc1cccc2c1B(O[B]c1c(OCCCO)cccc1C(CN)ONO)OC2CN. The lowest BCUT2D eigenvalue weighted by atomic mass is 9.72. The zero-order valence-corrected chi connectivity index (χ0v) is 32.2. The summed E-state index contributed by atoms with van der Waals surface area (Å²) in [6, 6.07) is 15.9. The summed E-state index contributed by atoms with van der Waals surface area (Å²) in [5.41, 5.74) is 22.2. The van der Waals surface area contributed by atoms with Crippen molar-refractivity contribution in [3.63, 3.8) is 0 Å². The van der Waals surface area contributed by atoms with Gasteiger partial charge in [-0.05, 0) is 46.8 Å². The van der Waals surface area contributed by atoms with Crippen LogP contribution < -0.4 is 53.4 Å². The number of rotatable bonds is 27. The van der Waals surface area contributed by atoms with Gasteiger partial charge in [0.25, 0.3) is 0 Å². The number of nitrogens with one attached hydrogen (secondary N) is 1. The number of ether oxygens (including phenoxy) is 3. The quantitative estimate of drug-likeness (QED) is 0.0266. The maximum Gasteiger partial charge on any atom is 0.495 e. The van der Waals surface area contributed by atoms with Gasteiger partial charge in [-0.25, -0.2) is 0 Å². The molecule has 0 saturated carbocycles. The summed E-state index contributed by atoms with van der Waals surface area (Å²) in [5, 5.41) is 49.9. The molecule has 1 aliphatic rings. The lowest BCUT2D eigenvalue weighted by molar-refractivity contribution is -0.161. The van der Waals surface area contributed by atoms with E-state index >= 15 is 0 Å². The molecule has 56 heavy (non-hydrogen) atoms. The van der Waals surface area contributed by atoms with Crippen LogP contribution in [0.3, 0.4) is 0 Å². The number of hydrogen-bond acceptors (Lipinski definition) is 16. The molecule has 3 aromatic carbocycles. The second-order valence-corrected chi connectivity index (χ2v) is 13.8. The molecule has 0 aromatic heterocycles. The van der Waals surface area contributed by atoms with E-state index in [1.54, 1.807) is 42.0 Å². The van der Waals surface area contributed by atoms with Gasteiger partial charge >= 0.3 is 21.7 Å². The largest absolute Gasteiger partial charge is 0.495 e. The van der Waals surface area contributed by atoms with Crippen molar-refractivity contribution in [1.82, 2.24) is 5.64 Å². The third-order valence-electron chi connectivity index (χ3n) is 9.42. The van der Waals surface area contributed by atoms with Crippen molar-refractivity contribution in [3.8, 4) is 17.2 Å². The number of hydrogen-bond donors (Lipinski definition) is 9. The predicted molar refractivity (Wildman–Crippen MR) is 212 cm³/mol.